The summed E-state index contributed by atoms with van der Waals surface area (Å²) in [6, 6.07) is 10.0. The normalized spacial score (nSPS) is 15.6. The van der Waals surface area contributed by atoms with Crippen LogP contribution in [0.2, 0.25) is 0 Å². The molecule has 1 aliphatic heterocycles. The lowest BCUT2D eigenvalue weighted by Crippen LogP contribution is -2.22. The third-order valence-electron chi connectivity index (χ3n) is 4.66. The Labute approximate surface area is 164 Å². The molecule has 0 saturated heterocycles. The van der Waals surface area contributed by atoms with Crippen LogP contribution in [0.4, 0.5) is 10.7 Å². The molecule has 0 spiro atoms. The van der Waals surface area contributed by atoms with Crippen LogP contribution >= 0.6 is 11.3 Å². The van der Waals surface area contributed by atoms with Gasteiger partial charge in [0.25, 0.3) is 0 Å². The van der Waals surface area contributed by atoms with Gasteiger partial charge in [0.1, 0.15) is 9.88 Å². The maximum absolute atomic E-state index is 12.7. The van der Waals surface area contributed by atoms with Crippen molar-refractivity contribution in [3.8, 4) is 0 Å². The van der Waals surface area contributed by atoms with E-state index >= 15 is 0 Å². The molecule has 3 heterocycles. The lowest BCUT2D eigenvalue weighted by atomic mass is 9.85. The van der Waals surface area contributed by atoms with Crippen LogP contribution in [-0.2, 0) is 9.53 Å². The van der Waals surface area contributed by atoms with Gasteiger partial charge in [-0.25, -0.2) is 4.79 Å². The molecule has 0 radical (unpaired) electrons. The van der Waals surface area contributed by atoms with Gasteiger partial charge in [-0.3, -0.25) is 9.59 Å². The highest BCUT2D eigenvalue weighted by Crippen LogP contribution is 2.47. The molecule has 1 aliphatic rings. The first kappa shape index (κ1) is 18.0. The summed E-state index contributed by atoms with van der Waals surface area (Å²) in [7, 11) is 1.32. The van der Waals surface area contributed by atoms with E-state index in [9.17, 15) is 14.4 Å². The highest BCUT2D eigenvalue weighted by Gasteiger charge is 2.34. The Balaban J connectivity index is 1.75. The number of thiophene rings is 1. The van der Waals surface area contributed by atoms with E-state index in [2.05, 4.69) is 5.32 Å². The summed E-state index contributed by atoms with van der Waals surface area (Å²) in [4.78, 5) is 36.9. The third kappa shape index (κ3) is 2.97. The zero-order valence-corrected chi connectivity index (χ0v) is 15.7. The smallest absolute Gasteiger partial charge is 0.337 e. The molecule has 0 saturated carbocycles. The van der Waals surface area contributed by atoms with Gasteiger partial charge < -0.3 is 20.2 Å². The van der Waals surface area contributed by atoms with Gasteiger partial charge >= 0.3 is 5.97 Å². The van der Waals surface area contributed by atoms with Gasteiger partial charge in [-0.2, -0.15) is 0 Å². The molecule has 142 valence electrons. The molecule has 0 bridgehead atoms. The molecule has 1 atom stereocenters. The Bertz CT molecular complexity index is 1070. The fourth-order valence-corrected chi connectivity index (χ4v) is 4.45. The summed E-state index contributed by atoms with van der Waals surface area (Å²) in [6.45, 7) is 0. The van der Waals surface area contributed by atoms with E-state index in [1.165, 1.54) is 13.4 Å². The predicted molar refractivity (Wildman–Crippen MR) is 104 cm³/mol. The highest BCUT2D eigenvalue weighted by molar-refractivity contribution is 7.19. The van der Waals surface area contributed by atoms with Crippen molar-refractivity contribution in [3.63, 3.8) is 0 Å². The second-order valence-electron chi connectivity index (χ2n) is 6.31. The van der Waals surface area contributed by atoms with E-state index in [0.29, 0.717) is 26.7 Å². The number of rotatable bonds is 4. The maximum Gasteiger partial charge on any atom is 0.337 e. The number of ether oxygens (including phenoxy) is 1. The van der Waals surface area contributed by atoms with Crippen LogP contribution < -0.4 is 11.1 Å². The van der Waals surface area contributed by atoms with Gasteiger partial charge in [0, 0.05) is 17.9 Å². The zero-order chi connectivity index (χ0) is 19.8. The number of amides is 1. The van der Waals surface area contributed by atoms with E-state index in [1.807, 2.05) is 0 Å². The number of carbonyl (C=O) groups is 3. The number of carbonyl (C=O) groups excluding carboxylic acids is 3. The first-order chi connectivity index (χ1) is 13.5. The number of fused-ring (bicyclic) bond motifs is 1. The second kappa shape index (κ2) is 6.97. The molecular formula is C20H16N2O5S. The molecule has 7 nitrogen and oxygen atoms in total. The van der Waals surface area contributed by atoms with Crippen molar-refractivity contribution in [2.24, 2.45) is 0 Å². The summed E-state index contributed by atoms with van der Waals surface area (Å²) < 4.78 is 9.90. The number of hydrogen-bond acceptors (Lipinski definition) is 7. The number of anilines is 2. The molecule has 0 unspecified atom stereocenters. The SMILES string of the molecule is COC(=O)c1ccc([C@@H]2CC(=O)Nc3sc(C(=O)c4ccco4)c(N)c32)cc1. The van der Waals surface area contributed by atoms with E-state index in [-0.39, 0.29) is 29.8 Å². The lowest BCUT2D eigenvalue weighted by molar-refractivity contribution is -0.116. The Morgan fingerprint density at radius 1 is 1.25 bits per heavy atom. The quantitative estimate of drug-likeness (QED) is 0.516. The van der Waals surface area contributed by atoms with Gasteiger partial charge in [0.15, 0.2) is 5.76 Å². The third-order valence-corrected chi connectivity index (χ3v) is 5.80. The van der Waals surface area contributed by atoms with E-state index in [1.54, 1.807) is 36.4 Å². The summed E-state index contributed by atoms with van der Waals surface area (Å²) in [5.74, 6) is -1.04. The van der Waals surface area contributed by atoms with Crippen molar-refractivity contribution in [2.75, 3.05) is 18.2 Å². The number of nitrogens with one attached hydrogen (secondary N) is 1. The summed E-state index contributed by atoms with van der Waals surface area (Å²) in [5.41, 5.74) is 8.62. The molecule has 1 amide bonds. The topological polar surface area (TPSA) is 112 Å². The number of hydrogen-bond donors (Lipinski definition) is 2. The molecule has 28 heavy (non-hydrogen) atoms. The van der Waals surface area contributed by atoms with Crippen molar-refractivity contribution in [3.05, 3.63) is 70.0 Å². The average molecular weight is 396 g/mol. The number of nitrogens with two attached hydrogens (primary N) is 1. The van der Waals surface area contributed by atoms with Crippen LogP contribution in [0, 0.1) is 0 Å². The minimum absolute atomic E-state index is 0.159. The minimum Gasteiger partial charge on any atom is -0.465 e. The van der Waals surface area contributed by atoms with Crippen molar-refractivity contribution in [1.82, 2.24) is 0 Å². The van der Waals surface area contributed by atoms with Gasteiger partial charge in [0.2, 0.25) is 11.7 Å². The molecule has 0 fully saturated rings. The predicted octanol–water partition coefficient (Wildman–Crippen LogP) is 3.42. The molecular weight excluding hydrogens is 380 g/mol. The molecule has 4 rings (SSSR count). The lowest BCUT2D eigenvalue weighted by Gasteiger charge is -2.24. The molecule has 8 heteroatoms. The summed E-state index contributed by atoms with van der Waals surface area (Å²) in [5, 5.41) is 3.36. The van der Waals surface area contributed by atoms with E-state index < -0.39 is 5.97 Å². The molecule has 3 N–H and O–H groups in total. The molecule has 2 aromatic heterocycles. The molecule has 0 aliphatic carbocycles. The Morgan fingerprint density at radius 2 is 2.00 bits per heavy atom. The van der Waals surface area contributed by atoms with Crippen LogP contribution in [0.5, 0.6) is 0 Å². The van der Waals surface area contributed by atoms with Gasteiger partial charge in [-0.1, -0.05) is 12.1 Å². The largest absolute Gasteiger partial charge is 0.465 e. The van der Waals surface area contributed by atoms with Crippen LogP contribution in [0.15, 0.2) is 47.1 Å². The van der Waals surface area contributed by atoms with E-state index in [4.69, 9.17) is 14.9 Å². The monoisotopic (exact) mass is 396 g/mol. The van der Waals surface area contributed by atoms with Crippen molar-refractivity contribution >= 4 is 39.7 Å². The Hall–Kier alpha value is -3.39. The average Bonchev–Trinajstić information content (AvgIpc) is 3.35. The summed E-state index contributed by atoms with van der Waals surface area (Å²) >= 11 is 1.14. The van der Waals surface area contributed by atoms with Gasteiger partial charge in [-0.05, 0) is 29.8 Å². The molecule has 3 aromatic rings. The van der Waals surface area contributed by atoms with Crippen LogP contribution in [0.3, 0.4) is 0 Å². The Kier molecular flexibility index (Phi) is 4.48. The highest BCUT2D eigenvalue weighted by atomic mass is 32.1. The standard InChI is InChI=1S/C20H16N2O5S/c1-26-20(25)11-6-4-10(5-7-11)12-9-14(23)22-19-15(12)16(21)18(28-19)17(24)13-3-2-8-27-13/h2-8,12H,9,21H2,1H3,(H,22,23)/t12-/m0/s1. The van der Waals surface area contributed by atoms with Crippen LogP contribution in [0.1, 0.15) is 49.3 Å². The number of ketones is 1. The number of furan rings is 1. The van der Waals surface area contributed by atoms with E-state index in [0.717, 1.165) is 16.9 Å². The second-order valence-corrected chi connectivity index (χ2v) is 7.33. The van der Waals surface area contributed by atoms with Crippen molar-refractivity contribution in [1.29, 1.82) is 0 Å². The maximum atomic E-state index is 12.7. The Morgan fingerprint density at radius 3 is 2.64 bits per heavy atom. The van der Waals surface area contributed by atoms with Crippen molar-refractivity contribution < 1.29 is 23.5 Å². The first-order valence-electron chi connectivity index (χ1n) is 8.48. The minimum atomic E-state index is -0.435. The van der Waals surface area contributed by atoms with Crippen LogP contribution in [-0.4, -0.2) is 24.8 Å². The fraction of sp³-hybridized carbons (Fsp3) is 0.150. The van der Waals surface area contributed by atoms with Crippen molar-refractivity contribution in [2.45, 2.75) is 12.3 Å². The summed E-state index contributed by atoms with van der Waals surface area (Å²) in [6.07, 6.45) is 1.62. The number of nitrogen functional groups attached to an aromatic ring is 1. The first-order valence-corrected chi connectivity index (χ1v) is 9.29. The number of benzene rings is 1. The number of esters is 1. The molecule has 1 aromatic carbocycles. The fourth-order valence-electron chi connectivity index (χ4n) is 3.30. The van der Waals surface area contributed by atoms with Crippen LogP contribution in [0.25, 0.3) is 0 Å². The van der Waals surface area contributed by atoms with Gasteiger partial charge in [-0.15, -0.1) is 11.3 Å². The zero-order valence-electron chi connectivity index (χ0n) is 14.9. The number of methoxy groups -OCH3 is 1. The van der Waals surface area contributed by atoms with Gasteiger partial charge in [0.05, 0.1) is 24.6 Å².